The summed E-state index contributed by atoms with van der Waals surface area (Å²) < 4.78 is 57.1. The first-order valence-electron chi connectivity index (χ1n) is 13.2. The van der Waals surface area contributed by atoms with E-state index in [0.29, 0.717) is 18.4 Å². The lowest BCUT2D eigenvalue weighted by molar-refractivity contribution is 0.246. The minimum Gasteiger partial charge on any atom is -0.337 e. The standard InChI is InChI=1S/C29H35N5O5S2/c1-6-27-31-25-19-24(41(38,39)33-29(3,4)5)15-16-26(25)34(27)22-11-9-21(10-12-22)17-18-30-28(35)32-40(36,37)23-13-7-20(2)8-14-23/h7-16,19,33H,6,17-18H2,1-5H3,(H2,30,32,35). The Labute approximate surface area is 241 Å². The van der Waals surface area contributed by atoms with Crippen LogP contribution in [0.4, 0.5) is 4.79 Å². The molecule has 0 unspecified atom stereocenters. The first-order chi connectivity index (χ1) is 19.2. The van der Waals surface area contributed by atoms with Gasteiger partial charge < -0.3 is 5.32 Å². The van der Waals surface area contributed by atoms with Gasteiger partial charge >= 0.3 is 6.03 Å². The maximum absolute atomic E-state index is 12.8. The van der Waals surface area contributed by atoms with E-state index in [-0.39, 0.29) is 16.3 Å². The molecule has 0 saturated heterocycles. The minimum atomic E-state index is -3.95. The maximum atomic E-state index is 12.8. The van der Waals surface area contributed by atoms with E-state index in [1.54, 1.807) is 51.1 Å². The van der Waals surface area contributed by atoms with Gasteiger partial charge in [-0.1, -0.05) is 36.8 Å². The summed E-state index contributed by atoms with van der Waals surface area (Å²) in [6, 6.07) is 18.1. The van der Waals surface area contributed by atoms with Gasteiger partial charge in [0.25, 0.3) is 10.0 Å². The molecule has 3 aromatic carbocycles. The number of imidazole rings is 1. The van der Waals surface area contributed by atoms with Crippen LogP contribution in [-0.2, 0) is 32.9 Å². The second-order valence-corrected chi connectivity index (χ2v) is 14.2. The van der Waals surface area contributed by atoms with Crippen LogP contribution in [0, 0.1) is 6.92 Å². The Bertz CT molecular complexity index is 1770. The molecule has 0 fully saturated rings. The second-order valence-electron chi connectivity index (χ2n) is 10.8. The van der Waals surface area contributed by atoms with Crippen molar-refractivity contribution >= 4 is 37.1 Å². The fourth-order valence-electron chi connectivity index (χ4n) is 4.33. The number of carbonyl (C=O) groups is 1. The van der Waals surface area contributed by atoms with Gasteiger partial charge in [0.2, 0.25) is 10.0 Å². The first kappa shape index (κ1) is 30.2. The molecule has 0 aliphatic rings. The first-order valence-corrected chi connectivity index (χ1v) is 16.2. The Morgan fingerprint density at radius 2 is 1.51 bits per heavy atom. The van der Waals surface area contributed by atoms with Crippen molar-refractivity contribution in [1.29, 1.82) is 0 Å². The van der Waals surface area contributed by atoms with Gasteiger partial charge in [-0.2, -0.15) is 0 Å². The van der Waals surface area contributed by atoms with Gasteiger partial charge in [0.1, 0.15) is 5.82 Å². The van der Waals surface area contributed by atoms with Crippen LogP contribution in [0.1, 0.15) is 44.6 Å². The van der Waals surface area contributed by atoms with Crippen molar-refractivity contribution in [2.45, 2.75) is 62.8 Å². The van der Waals surface area contributed by atoms with Crippen molar-refractivity contribution < 1.29 is 21.6 Å². The molecule has 0 aliphatic heterocycles. The molecular weight excluding hydrogens is 562 g/mol. The van der Waals surface area contributed by atoms with Gasteiger partial charge in [-0.05, 0) is 82.1 Å². The molecule has 0 radical (unpaired) electrons. The lowest BCUT2D eigenvalue weighted by Gasteiger charge is -2.20. The third-order valence-corrected chi connectivity index (χ3v) is 9.32. The number of rotatable bonds is 9. The van der Waals surface area contributed by atoms with E-state index in [2.05, 4.69) is 10.0 Å². The summed E-state index contributed by atoms with van der Waals surface area (Å²) in [7, 11) is -7.65. The number of hydrogen-bond acceptors (Lipinski definition) is 6. The Morgan fingerprint density at radius 3 is 2.12 bits per heavy atom. The van der Waals surface area contributed by atoms with Crippen molar-refractivity contribution in [3.63, 3.8) is 0 Å². The third-order valence-electron chi connectivity index (χ3n) is 6.21. The molecule has 0 spiro atoms. The summed E-state index contributed by atoms with van der Waals surface area (Å²) in [5.41, 5.74) is 3.49. The number of urea groups is 1. The van der Waals surface area contributed by atoms with Crippen LogP contribution in [0.5, 0.6) is 0 Å². The number of aromatic nitrogens is 2. The molecule has 2 amide bonds. The molecule has 10 nitrogen and oxygen atoms in total. The van der Waals surface area contributed by atoms with Crippen LogP contribution >= 0.6 is 0 Å². The topological polar surface area (TPSA) is 139 Å². The zero-order valence-corrected chi connectivity index (χ0v) is 25.4. The Hall–Kier alpha value is -3.74. The third kappa shape index (κ3) is 7.32. The molecule has 3 N–H and O–H groups in total. The van der Waals surface area contributed by atoms with E-state index in [1.807, 2.05) is 47.4 Å². The monoisotopic (exact) mass is 597 g/mol. The van der Waals surface area contributed by atoms with Crippen molar-refractivity contribution in [3.05, 3.63) is 83.7 Å². The van der Waals surface area contributed by atoms with E-state index in [0.717, 1.165) is 28.2 Å². The predicted octanol–water partition coefficient (Wildman–Crippen LogP) is 4.20. The molecule has 1 aromatic heterocycles. The van der Waals surface area contributed by atoms with Crippen LogP contribution in [0.3, 0.4) is 0 Å². The number of aryl methyl sites for hydroxylation is 2. The second kappa shape index (κ2) is 11.6. The van der Waals surface area contributed by atoms with Crippen LogP contribution < -0.4 is 14.8 Å². The van der Waals surface area contributed by atoms with Gasteiger partial charge in [0.05, 0.1) is 20.8 Å². The van der Waals surface area contributed by atoms with Gasteiger partial charge in [0.15, 0.2) is 0 Å². The van der Waals surface area contributed by atoms with Crippen molar-refractivity contribution in [2.75, 3.05) is 6.54 Å². The number of benzene rings is 3. The quantitative estimate of drug-likeness (QED) is 0.264. The molecule has 4 rings (SSSR count). The van der Waals surface area contributed by atoms with E-state index in [4.69, 9.17) is 4.98 Å². The van der Waals surface area contributed by atoms with Gasteiger partial charge in [-0.25, -0.2) is 36.1 Å². The van der Waals surface area contributed by atoms with Gasteiger partial charge in [0, 0.05) is 24.2 Å². The average Bonchev–Trinajstić information content (AvgIpc) is 3.26. The van der Waals surface area contributed by atoms with Crippen molar-refractivity contribution in [1.82, 2.24) is 24.3 Å². The minimum absolute atomic E-state index is 0.0201. The normalized spacial score (nSPS) is 12.4. The number of nitrogens with one attached hydrogen (secondary N) is 3. The predicted molar refractivity (Wildman–Crippen MR) is 159 cm³/mol. The zero-order valence-electron chi connectivity index (χ0n) is 23.7. The fraction of sp³-hybridized carbons (Fsp3) is 0.310. The van der Waals surface area contributed by atoms with Crippen LogP contribution in [0.2, 0.25) is 0 Å². The largest absolute Gasteiger partial charge is 0.337 e. The van der Waals surface area contributed by atoms with Gasteiger partial charge in [-0.15, -0.1) is 0 Å². The Kier molecular flexibility index (Phi) is 8.57. The summed E-state index contributed by atoms with van der Waals surface area (Å²) in [6.07, 6.45) is 1.13. The molecule has 4 aromatic rings. The highest BCUT2D eigenvalue weighted by Crippen LogP contribution is 2.25. The van der Waals surface area contributed by atoms with E-state index in [9.17, 15) is 21.6 Å². The SMILES string of the molecule is CCc1nc2cc(S(=O)(=O)NC(C)(C)C)ccc2n1-c1ccc(CCNC(=O)NS(=O)(=O)c2ccc(C)cc2)cc1. The highest BCUT2D eigenvalue weighted by Gasteiger charge is 2.23. The van der Waals surface area contributed by atoms with Crippen LogP contribution in [-0.4, -0.2) is 44.5 Å². The molecule has 0 aliphatic carbocycles. The van der Waals surface area contributed by atoms with Gasteiger partial charge in [-0.3, -0.25) is 4.57 Å². The Balaban J connectivity index is 1.44. The molecule has 218 valence electrons. The summed E-state index contributed by atoms with van der Waals surface area (Å²) in [5, 5.41) is 2.59. The molecular formula is C29H35N5O5S2. The molecule has 41 heavy (non-hydrogen) atoms. The highest BCUT2D eigenvalue weighted by atomic mass is 32.2. The number of nitrogens with zero attached hydrogens (tertiary/aromatic N) is 2. The molecule has 0 saturated carbocycles. The summed E-state index contributed by atoms with van der Waals surface area (Å²) in [5.74, 6) is 0.791. The molecule has 0 bridgehead atoms. The summed E-state index contributed by atoms with van der Waals surface area (Å²) in [6.45, 7) is 9.44. The molecule has 12 heteroatoms. The lowest BCUT2D eigenvalue weighted by atomic mass is 10.1. The number of carbonyl (C=O) groups excluding carboxylic acids is 1. The van der Waals surface area contributed by atoms with Crippen molar-refractivity contribution in [3.8, 4) is 5.69 Å². The van der Waals surface area contributed by atoms with E-state index >= 15 is 0 Å². The average molecular weight is 598 g/mol. The fourth-order valence-corrected chi connectivity index (χ4v) is 6.70. The Morgan fingerprint density at radius 1 is 0.878 bits per heavy atom. The number of hydrogen-bond donors (Lipinski definition) is 3. The van der Waals surface area contributed by atoms with Crippen LogP contribution in [0.15, 0.2) is 76.5 Å². The number of sulfonamides is 2. The summed E-state index contributed by atoms with van der Waals surface area (Å²) in [4.78, 5) is 17.1. The number of fused-ring (bicyclic) bond motifs is 1. The molecule has 1 heterocycles. The summed E-state index contributed by atoms with van der Waals surface area (Å²) >= 11 is 0. The highest BCUT2D eigenvalue weighted by molar-refractivity contribution is 7.90. The zero-order chi connectivity index (χ0) is 30.0. The van der Waals surface area contributed by atoms with Crippen LogP contribution in [0.25, 0.3) is 16.7 Å². The number of amides is 2. The lowest BCUT2D eigenvalue weighted by Crippen LogP contribution is -2.40. The van der Waals surface area contributed by atoms with E-state index < -0.39 is 31.6 Å². The maximum Gasteiger partial charge on any atom is 0.328 e. The van der Waals surface area contributed by atoms with Crippen molar-refractivity contribution in [2.24, 2.45) is 0 Å². The smallest absolute Gasteiger partial charge is 0.328 e. The molecule has 0 atom stereocenters. The van der Waals surface area contributed by atoms with E-state index in [1.165, 1.54) is 12.1 Å².